The van der Waals surface area contributed by atoms with Gasteiger partial charge in [0.25, 0.3) is 5.56 Å². The van der Waals surface area contributed by atoms with Crippen molar-refractivity contribution in [2.45, 2.75) is 47.6 Å². The molecule has 28 heavy (non-hydrogen) atoms. The molecule has 0 unspecified atom stereocenters. The summed E-state index contributed by atoms with van der Waals surface area (Å²) in [6, 6.07) is 7.56. The van der Waals surface area contributed by atoms with Gasteiger partial charge in [0.2, 0.25) is 11.9 Å². The van der Waals surface area contributed by atoms with E-state index in [1.165, 1.54) is 10.6 Å². The van der Waals surface area contributed by atoms with Gasteiger partial charge in [0.1, 0.15) is 6.54 Å². The molecule has 1 N–H and O–H groups in total. The molecule has 0 spiro atoms. The Hall–Kier alpha value is -2.63. The Bertz CT molecular complexity index is 904. The minimum absolute atomic E-state index is 0.00131. The number of aromatic nitrogens is 2. The van der Waals surface area contributed by atoms with Crippen LogP contribution in [0.4, 0.5) is 11.6 Å². The number of nitrogens with zero attached hydrogens (tertiary/aromatic N) is 3. The van der Waals surface area contributed by atoms with E-state index in [0.29, 0.717) is 23.5 Å². The Morgan fingerprint density at radius 1 is 1.07 bits per heavy atom. The number of likely N-dealkylation sites (tertiary alicyclic amines) is 1. The number of aryl methyl sites for hydroxylation is 3. The van der Waals surface area contributed by atoms with E-state index in [-0.39, 0.29) is 18.0 Å². The van der Waals surface area contributed by atoms with Crippen molar-refractivity contribution >= 4 is 17.5 Å². The Morgan fingerprint density at radius 3 is 2.29 bits per heavy atom. The molecule has 0 radical (unpaired) electrons. The standard InChI is InChI=1S/C22H30N4O2/c1-14-6-15(2)9-19(8-14)24-22-23-18(5)10-20(27)26(22)13-21(28)25-11-16(3)7-17(4)12-25/h6,8-10,16-17H,7,11-13H2,1-5H3,(H,23,24)/t16-,17+. The highest BCUT2D eigenvalue weighted by Gasteiger charge is 2.26. The maximum atomic E-state index is 12.9. The van der Waals surface area contributed by atoms with Gasteiger partial charge in [-0.15, -0.1) is 0 Å². The second kappa shape index (κ2) is 8.17. The first-order chi connectivity index (χ1) is 13.2. The molecule has 0 saturated carbocycles. The van der Waals surface area contributed by atoms with Crippen molar-refractivity contribution in [1.29, 1.82) is 0 Å². The van der Waals surface area contributed by atoms with Crippen molar-refractivity contribution in [2.24, 2.45) is 11.8 Å². The van der Waals surface area contributed by atoms with Crippen molar-refractivity contribution in [3.63, 3.8) is 0 Å². The molecule has 3 rings (SSSR count). The van der Waals surface area contributed by atoms with E-state index in [2.05, 4.69) is 30.2 Å². The van der Waals surface area contributed by atoms with Crippen LogP contribution in [0.25, 0.3) is 0 Å². The molecule has 0 aliphatic carbocycles. The second-order valence-corrected chi connectivity index (χ2v) is 8.39. The predicted molar refractivity (Wildman–Crippen MR) is 112 cm³/mol. The van der Waals surface area contributed by atoms with Crippen LogP contribution in [-0.2, 0) is 11.3 Å². The molecule has 0 bridgehead atoms. The number of nitrogens with one attached hydrogen (secondary N) is 1. The van der Waals surface area contributed by atoms with Crippen LogP contribution in [0, 0.1) is 32.6 Å². The molecule has 1 amide bonds. The first-order valence-corrected chi connectivity index (χ1v) is 9.93. The van der Waals surface area contributed by atoms with E-state index in [1.807, 2.05) is 30.9 Å². The van der Waals surface area contributed by atoms with Gasteiger partial charge in [0.15, 0.2) is 0 Å². The van der Waals surface area contributed by atoms with Crippen molar-refractivity contribution in [3.8, 4) is 0 Å². The smallest absolute Gasteiger partial charge is 0.255 e. The van der Waals surface area contributed by atoms with Crippen LogP contribution in [0.2, 0.25) is 0 Å². The van der Waals surface area contributed by atoms with Crippen LogP contribution in [0.3, 0.4) is 0 Å². The lowest BCUT2D eigenvalue weighted by Gasteiger charge is -2.35. The summed E-state index contributed by atoms with van der Waals surface area (Å²) in [6.07, 6.45) is 1.13. The van der Waals surface area contributed by atoms with Crippen LogP contribution >= 0.6 is 0 Å². The molecule has 2 heterocycles. The molecule has 1 aliphatic heterocycles. The number of rotatable bonds is 4. The summed E-state index contributed by atoms with van der Waals surface area (Å²) in [4.78, 5) is 31.9. The Morgan fingerprint density at radius 2 is 1.68 bits per heavy atom. The number of carbonyl (C=O) groups excluding carboxylic acids is 1. The summed E-state index contributed by atoms with van der Waals surface area (Å²) >= 11 is 0. The second-order valence-electron chi connectivity index (χ2n) is 8.39. The lowest BCUT2D eigenvalue weighted by Crippen LogP contribution is -2.45. The molecule has 1 saturated heterocycles. The number of hydrogen-bond donors (Lipinski definition) is 1. The number of hydrogen-bond acceptors (Lipinski definition) is 4. The van der Waals surface area contributed by atoms with Crippen molar-refractivity contribution < 1.29 is 4.79 Å². The third-order valence-electron chi connectivity index (χ3n) is 5.13. The van der Waals surface area contributed by atoms with Crippen LogP contribution in [0.1, 0.15) is 37.1 Å². The number of piperidine rings is 1. The highest BCUT2D eigenvalue weighted by molar-refractivity contribution is 5.76. The van der Waals surface area contributed by atoms with Gasteiger partial charge in [-0.3, -0.25) is 14.2 Å². The molecule has 1 aromatic heterocycles. The van der Waals surface area contributed by atoms with Gasteiger partial charge >= 0.3 is 0 Å². The summed E-state index contributed by atoms with van der Waals surface area (Å²) in [5, 5.41) is 3.24. The first kappa shape index (κ1) is 20.1. The fourth-order valence-corrected chi connectivity index (χ4v) is 4.15. The van der Waals surface area contributed by atoms with Gasteiger partial charge in [0, 0.05) is 30.5 Å². The molecule has 2 aromatic rings. The number of benzene rings is 1. The third-order valence-corrected chi connectivity index (χ3v) is 5.13. The molecule has 1 aliphatic rings. The van der Waals surface area contributed by atoms with Crippen LogP contribution in [0.15, 0.2) is 29.1 Å². The minimum Gasteiger partial charge on any atom is -0.341 e. The lowest BCUT2D eigenvalue weighted by molar-refractivity contribution is -0.134. The van der Waals surface area contributed by atoms with E-state index in [9.17, 15) is 9.59 Å². The van der Waals surface area contributed by atoms with Gasteiger partial charge in [-0.25, -0.2) is 4.98 Å². The maximum absolute atomic E-state index is 12.9. The molecule has 1 aromatic carbocycles. The summed E-state index contributed by atoms with van der Waals surface area (Å²) in [5.74, 6) is 1.33. The minimum atomic E-state index is -0.217. The number of anilines is 2. The number of amides is 1. The van der Waals surface area contributed by atoms with Gasteiger partial charge in [-0.1, -0.05) is 19.9 Å². The molecule has 2 atom stereocenters. The highest BCUT2D eigenvalue weighted by Crippen LogP contribution is 2.22. The van der Waals surface area contributed by atoms with Crippen molar-refractivity contribution in [1.82, 2.24) is 14.5 Å². The average molecular weight is 383 g/mol. The normalized spacial score (nSPS) is 19.5. The summed E-state index contributed by atoms with van der Waals surface area (Å²) in [7, 11) is 0. The van der Waals surface area contributed by atoms with Crippen LogP contribution < -0.4 is 10.9 Å². The molecule has 150 valence electrons. The summed E-state index contributed by atoms with van der Waals surface area (Å²) < 4.78 is 1.44. The van der Waals surface area contributed by atoms with E-state index >= 15 is 0 Å². The zero-order chi connectivity index (χ0) is 20.4. The van der Waals surface area contributed by atoms with Crippen LogP contribution in [0.5, 0.6) is 0 Å². The predicted octanol–water partition coefficient (Wildman–Crippen LogP) is 3.42. The van der Waals surface area contributed by atoms with Gasteiger partial charge in [0.05, 0.1) is 0 Å². The van der Waals surface area contributed by atoms with E-state index in [4.69, 9.17) is 0 Å². The molecular weight excluding hydrogens is 352 g/mol. The maximum Gasteiger partial charge on any atom is 0.255 e. The highest BCUT2D eigenvalue weighted by atomic mass is 16.2. The van der Waals surface area contributed by atoms with Crippen molar-refractivity contribution in [2.75, 3.05) is 18.4 Å². The van der Waals surface area contributed by atoms with E-state index in [0.717, 1.165) is 36.3 Å². The fourth-order valence-electron chi connectivity index (χ4n) is 4.15. The van der Waals surface area contributed by atoms with Gasteiger partial charge in [-0.05, 0) is 62.3 Å². The molecule has 6 nitrogen and oxygen atoms in total. The Balaban J connectivity index is 1.88. The average Bonchev–Trinajstić information content (AvgIpc) is 2.56. The van der Waals surface area contributed by atoms with Crippen LogP contribution in [-0.4, -0.2) is 33.4 Å². The largest absolute Gasteiger partial charge is 0.341 e. The van der Waals surface area contributed by atoms with E-state index < -0.39 is 0 Å². The zero-order valence-corrected chi connectivity index (χ0v) is 17.5. The number of carbonyl (C=O) groups is 1. The first-order valence-electron chi connectivity index (χ1n) is 9.93. The third kappa shape index (κ3) is 4.80. The molecular formula is C22H30N4O2. The zero-order valence-electron chi connectivity index (χ0n) is 17.5. The Labute approximate surface area is 166 Å². The lowest BCUT2D eigenvalue weighted by atomic mass is 9.92. The summed E-state index contributed by atoms with van der Waals surface area (Å²) in [6.45, 7) is 11.7. The van der Waals surface area contributed by atoms with Gasteiger partial charge in [-0.2, -0.15) is 0 Å². The quantitative estimate of drug-likeness (QED) is 0.880. The Kier molecular flexibility index (Phi) is 5.87. The topological polar surface area (TPSA) is 67.2 Å². The van der Waals surface area contributed by atoms with Gasteiger partial charge < -0.3 is 10.2 Å². The molecule has 1 fully saturated rings. The fraction of sp³-hybridized carbons (Fsp3) is 0.500. The SMILES string of the molecule is Cc1cc(C)cc(Nc2nc(C)cc(=O)n2CC(=O)N2C[C@H](C)C[C@H](C)C2)c1. The van der Waals surface area contributed by atoms with E-state index in [1.54, 1.807) is 6.92 Å². The van der Waals surface area contributed by atoms with Crippen molar-refractivity contribution in [3.05, 3.63) is 51.4 Å². The monoisotopic (exact) mass is 382 g/mol. The summed E-state index contributed by atoms with van der Waals surface area (Å²) in [5.41, 5.74) is 3.51. The molecule has 6 heteroatoms.